The molecule has 0 aliphatic carbocycles. The highest BCUT2D eigenvalue weighted by atomic mass is 16.5. The first-order valence-electron chi connectivity index (χ1n) is 7.79. The van der Waals surface area contributed by atoms with Gasteiger partial charge in [0.1, 0.15) is 16.9 Å². The van der Waals surface area contributed by atoms with Crippen LogP contribution in [0.15, 0.2) is 18.2 Å². The Morgan fingerprint density at radius 3 is 2.04 bits per heavy atom. The summed E-state index contributed by atoms with van der Waals surface area (Å²) in [6.07, 6.45) is 0. The number of hydrogen-bond acceptors (Lipinski definition) is 5. The first-order valence-corrected chi connectivity index (χ1v) is 7.79. The average molecular weight is 338 g/mol. The fourth-order valence-electron chi connectivity index (χ4n) is 1.88. The van der Waals surface area contributed by atoms with Gasteiger partial charge in [0.25, 0.3) is 0 Å². The smallest absolute Gasteiger partial charge is 0.487 e. The molecule has 0 aromatic heterocycles. The van der Waals surface area contributed by atoms with E-state index in [4.69, 9.17) is 9.39 Å². The molecule has 6 nitrogen and oxygen atoms in total. The Morgan fingerprint density at radius 2 is 1.62 bits per heavy atom. The molecule has 0 unspecified atom stereocenters. The van der Waals surface area contributed by atoms with Crippen LogP contribution in [0.1, 0.15) is 58.8 Å². The van der Waals surface area contributed by atoms with E-state index in [9.17, 15) is 20.0 Å². The summed E-state index contributed by atoms with van der Waals surface area (Å²) in [5, 5.41) is 30.1. The van der Waals surface area contributed by atoms with Gasteiger partial charge in [-0.25, -0.2) is 4.79 Å². The summed E-state index contributed by atoms with van der Waals surface area (Å²) in [5.74, 6) is -1.08. The fourth-order valence-corrected chi connectivity index (χ4v) is 1.88. The Labute approximate surface area is 143 Å². The van der Waals surface area contributed by atoms with E-state index in [0.29, 0.717) is 0 Å². The lowest BCUT2D eigenvalue weighted by Crippen LogP contribution is -2.53. The Balaban J connectivity index is 3.29. The molecule has 3 N–H and O–H groups in total. The molecule has 0 spiro atoms. The maximum absolute atomic E-state index is 11.7. The van der Waals surface area contributed by atoms with Crippen LogP contribution in [0, 0.1) is 0 Å². The van der Waals surface area contributed by atoms with Gasteiger partial charge in [0, 0.05) is 5.46 Å². The summed E-state index contributed by atoms with van der Waals surface area (Å²) in [5.41, 5.74) is -3.03. The number of carbonyl (C=O) groups is 1. The zero-order chi connectivity index (χ0) is 18.9. The monoisotopic (exact) mass is 338 g/mol. The molecular weight excluding hydrogens is 311 g/mol. The van der Waals surface area contributed by atoms with E-state index in [1.807, 2.05) is 0 Å². The summed E-state index contributed by atoms with van der Waals surface area (Å²) in [6.45, 7) is 11.7. The van der Waals surface area contributed by atoms with Crippen molar-refractivity contribution in [2.45, 2.75) is 65.3 Å². The van der Waals surface area contributed by atoms with Gasteiger partial charge >= 0.3 is 13.1 Å². The third kappa shape index (κ3) is 4.96. The van der Waals surface area contributed by atoms with Crippen LogP contribution in [0.3, 0.4) is 0 Å². The highest BCUT2D eigenvalue weighted by Crippen LogP contribution is 2.27. The van der Waals surface area contributed by atoms with E-state index in [1.165, 1.54) is 12.1 Å². The van der Waals surface area contributed by atoms with E-state index in [-0.39, 0.29) is 16.8 Å². The quantitative estimate of drug-likeness (QED) is 0.685. The third-order valence-corrected chi connectivity index (χ3v) is 3.83. The van der Waals surface area contributed by atoms with Crippen molar-refractivity contribution in [1.29, 1.82) is 0 Å². The molecule has 134 valence electrons. The fraction of sp³-hybridized carbons (Fsp3) is 0.588. The lowest BCUT2D eigenvalue weighted by Gasteiger charge is -2.38. The molecule has 7 heteroatoms. The van der Waals surface area contributed by atoms with Crippen LogP contribution in [0.25, 0.3) is 0 Å². The summed E-state index contributed by atoms with van der Waals surface area (Å²) < 4.78 is 11.2. The lowest BCUT2D eigenvalue weighted by atomic mass is 9.74. The van der Waals surface area contributed by atoms with E-state index >= 15 is 0 Å². The van der Waals surface area contributed by atoms with Crippen molar-refractivity contribution in [2.24, 2.45) is 0 Å². The van der Waals surface area contributed by atoms with E-state index in [2.05, 4.69) is 0 Å². The Bertz CT molecular complexity index is 598. The highest BCUT2D eigenvalue weighted by Gasteiger charge is 2.41. The molecule has 0 amide bonds. The van der Waals surface area contributed by atoms with Crippen molar-refractivity contribution in [3.8, 4) is 5.75 Å². The molecule has 0 aliphatic rings. The number of carboxylic acids is 1. The minimum Gasteiger partial charge on any atom is -0.487 e. The standard InChI is InChI=1S/C17H27BO6/c1-15(2,3)23-12-10-8-9-11(13(12)14(19)20)18(22)24-17(6,7)16(4,5)21/h8-10,21-22H,1-7H3,(H,19,20). The van der Waals surface area contributed by atoms with Crippen LogP contribution < -0.4 is 10.2 Å². The molecule has 1 aromatic carbocycles. The summed E-state index contributed by atoms with van der Waals surface area (Å²) in [7, 11) is -1.53. The second kappa shape index (κ2) is 6.74. The molecular formula is C17H27BO6. The molecule has 0 atom stereocenters. The van der Waals surface area contributed by atoms with Crippen molar-refractivity contribution >= 4 is 18.6 Å². The van der Waals surface area contributed by atoms with Gasteiger partial charge in [-0.15, -0.1) is 0 Å². The van der Waals surface area contributed by atoms with Gasteiger partial charge in [-0.2, -0.15) is 0 Å². The third-order valence-electron chi connectivity index (χ3n) is 3.83. The minimum atomic E-state index is -1.53. The van der Waals surface area contributed by atoms with Crippen LogP contribution in [0.4, 0.5) is 0 Å². The lowest BCUT2D eigenvalue weighted by molar-refractivity contribution is -0.0982. The van der Waals surface area contributed by atoms with Crippen LogP contribution in [-0.4, -0.2) is 45.1 Å². The zero-order valence-corrected chi connectivity index (χ0v) is 15.4. The number of ether oxygens (including phenoxy) is 1. The molecule has 1 rings (SSSR count). The van der Waals surface area contributed by atoms with Gasteiger partial charge in [0.2, 0.25) is 0 Å². The van der Waals surface area contributed by atoms with Crippen molar-refractivity contribution in [3.05, 3.63) is 23.8 Å². The molecule has 0 saturated heterocycles. The first-order chi connectivity index (χ1) is 10.7. The van der Waals surface area contributed by atoms with Crippen LogP contribution in [0.2, 0.25) is 0 Å². The van der Waals surface area contributed by atoms with Gasteiger partial charge in [0.05, 0.1) is 11.2 Å². The Morgan fingerprint density at radius 1 is 1.08 bits per heavy atom. The largest absolute Gasteiger partial charge is 0.492 e. The number of rotatable bonds is 6. The molecule has 0 fully saturated rings. The average Bonchev–Trinajstić information content (AvgIpc) is 2.34. The van der Waals surface area contributed by atoms with Crippen molar-refractivity contribution in [2.75, 3.05) is 0 Å². The summed E-state index contributed by atoms with van der Waals surface area (Å²) in [6, 6.07) is 4.59. The Hall–Kier alpha value is -1.57. The van der Waals surface area contributed by atoms with Gasteiger partial charge < -0.3 is 24.6 Å². The summed E-state index contributed by atoms with van der Waals surface area (Å²) >= 11 is 0. The Kier molecular flexibility index (Phi) is 5.75. The number of carboxylic acid groups (broad SMARTS) is 1. The molecule has 0 aliphatic heterocycles. The molecule has 24 heavy (non-hydrogen) atoms. The molecule has 0 radical (unpaired) electrons. The molecule has 1 aromatic rings. The second-order valence-corrected chi connectivity index (χ2v) is 7.78. The van der Waals surface area contributed by atoms with Crippen LogP contribution in [-0.2, 0) is 4.65 Å². The van der Waals surface area contributed by atoms with Crippen molar-refractivity contribution in [3.63, 3.8) is 0 Å². The molecule has 0 heterocycles. The number of benzene rings is 1. The van der Waals surface area contributed by atoms with Crippen molar-refractivity contribution in [1.82, 2.24) is 0 Å². The summed E-state index contributed by atoms with van der Waals surface area (Å²) in [4.78, 5) is 11.7. The van der Waals surface area contributed by atoms with E-state index in [1.54, 1.807) is 54.5 Å². The zero-order valence-electron chi connectivity index (χ0n) is 15.4. The van der Waals surface area contributed by atoms with E-state index < -0.39 is 29.9 Å². The van der Waals surface area contributed by atoms with E-state index in [0.717, 1.165) is 0 Å². The first kappa shape index (κ1) is 20.5. The second-order valence-electron chi connectivity index (χ2n) is 7.78. The minimum absolute atomic E-state index is 0.0709. The van der Waals surface area contributed by atoms with Gasteiger partial charge in [-0.3, -0.25) is 0 Å². The highest BCUT2D eigenvalue weighted by molar-refractivity contribution is 6.61. The maximum atomic E-state index is 11.7. The maximum Gasteiger partial charge on any atom is 0.492 e. The van der Waals surface area contributed by atoms with Crippen molar-refractivity contribution < 1.29 is 29.4 Å². The number of hydrogen-bond donors (Lipinski definition) is 3. The van der Waals surface area contributed by atoms with Crippen LogP contribution >= 0.6 is 0 Å². The van der Waals surface area contributed by atoms with Gasteiger partial charge in [-0.1, -0.05) is 12.1 Å². The van der Waals surface area contributed by atoms with Gasteiger partial charge in [0.15, 0.2) is 0 Å². The van der Waals surface area contributed by atoms with Crippen LogP contribution in [0.5, 0.6) is 5.75 Å². The predicted molar refractivity (Wildman–Crippen MR) is 92.9 cm³/mol. The number of aliphatic hydroxyl groups is 1. The SMILES string of the molecule is CC(C)(C)Oc1cccc(B(O)OC(C)(C)C(C)(C)O)c1C(=O)O. The molecule has 0 bridgehead atoms. The normalized spacial score (nSPS) is 12.9. The predicted octanol–water partition coefficient (Wildman–Crippen LogP) is 1.82. The number of aromatic carboxylic acids is 1. The molecule has 0 saturated carbocycles. The van der Waals surface area contributed by atoms with Gasteiger partial charge in [-0.05, 0) is 54.5 Å². The topological polar surface area (TPSA) is 96.2 Å².